The van der Waals surface area contributed by atoms with Gasteiger partial charge in [-0.1, -0.05) is 11.3 Å². The number of rotatable bonds is 3. The van der Waals surface area contributed by atoms with Crippen molar-refractivity contribution in [2.75, 3.05) is 0 Å². The van der Waals surface area contributed by atoms with E-state index in [0.29, 0.717) is 11.3 Å². The molecule has 0 aliphatic carbocycles. The molecule has 9 nitrogen and oxygen atoms in total. The van der Waals surface area contributed by atoms with Crippen molar-refractivity contribution in [3.05, 3.63) is 4.80 Å². The van der Waals surface area contributed by atoms with Crippen molar-refractivity contribution in [1.29, 1.82) is 0 Å². The smallest absolute Gasteiger partial charge is 0.318 e. The first kappa shape index (κ1) is 14.6. The lowest BCUT2D eigenvalue weighted by molar-refractivity contribution is -0.140. The Labute approximate surface area is 106 Å². The van der Waals surface area contributed by atoms with Crippen LogP contribution in [0, 0.1) is 0 Å². The summed E-state index contributed by atoms with van der Waals surface area (Å²) in [5, 5.41) is 17.3. The highest BCUT2D eigenvalue weighted by molar-refractivity contribution is 7.91. The van der Waals surface area contributed by atoms with Crippen molar-refractivity contribution >= 4 is 33.1 Å². The minimum Gasteiger partial charge on any atom is -0.385 e. The largest absolute Gasteiger partial charge is 0.385 e. The lowest BCUT2D eigenvalue weighted by Crippen LogP contribution is -2.26. The van der Waals surface area contributed by atoms with E-state index in [2.05, 4.69) is 10.1 Å². The maximum atomic E-state index is 11.3. The molecule has 11 heteroatoms. The Morgan fingerprint density at radius 2 is 2.11 bits per heavy atom. The quantitative estimate of drug-likeness (QED) is 0.590. The second-order valence-corrected chi connectivity index (χ2v) is 5.97. The molecule has 3 N–H and O–H groups in total. The number of nitrogens with zero attached hydrogens (tertiary/aromatic N) is 3. The molecular formula is C7H10N4O5S2. The highest BCUT2D eigenvalue weighted by Gasteiger charge is 2.20. The summed E-state index contributed by atoms with van der Waals surface area (Å²) in [5.41, 5.74) is 0. The fourth-order valence-corrected chi connectivity index (χ4v) is 2.41. The van der Waals surface area contributed by atoms with Crippen molar-refractivity contribution in [3.63, 3.8) is 0 Å². The maximum absolute atomic E-state index is 11.3. The summed E-state index contributed by atoms with van der Waals surface area (Å²) in [6, 6.07) is 0. The number of aliphatic hydroxyl groups is 1. The van der Waals surface area contributed by atoms with Gasteiger partial charge in [0, 0.05) is 7.05 Å². The molecule has 0 saturated heterocycles. The van der Waals surface area contributed by atoms with Gasteiger partial charge in [0.25, 0.3) is 10.0 Å². The number of amides is 1. The first-order valence-corrected chi connectivity index (χ1v) is 6.87. The highest BCUT2D eigenvalue weighted by Crippen LogP contribution is 2.04. The number of primary sulfonamides is 1. The topological polar surface area (TPSA) is 145 Å². The third kappa shape index (κ3) is 3.29. The summed E-state index contributed by atoms with van der Waals surface area (Å²) in [6.07, 6.45) is -1.47. The zero-order valence-electron chi connectivity index (χ0n) is 9.39. The van der Waals surface area contributed by atoms with E-state index in [1.807, 2.05) is 0 Å². The molecule has 1 rings (SSSR count). The Balaban J connectivity index is 3.23. The van der Waals surface area contributed by atoms with E-state index >= 15 is 0 Å². The van der Waals surface area contributed by atoms with Gasteiger partial charge < -0.3 is 5.11 Å². The third-order valence-corrected chi connectivity index (χ3v) is 4.03. The van der Waals surface area contributed by atoms with E-state index < -0.39 is 32.2 Å². The van der Waals surface area contributed by atoms with Crippen LogP contribution in [-0.4, -0.2) is 41.1 Å². The first-order valence-electron chi connectivity index (χ1n) is 4.51. The SMILES string of the molecule is CC(O)C(=O)C(=O)N=c1sc(S(N)(=O)=O)nn1C. The predicted octanol–water partition coefficient (Wildman–Crippen LogP) is -2.49. The number of hydrogen-bond acceptors (Lipinski definition) is 7. The predicted molar refractivity (Wildman–Crippen MR) is 59.7 cm³/mol. The molecule has 1 aromatic rings. The summed E-state index contributed by atoms with van der Waals surface area (Å²) < 4.78 is 22.6. The average molecular weight is 294 g/mol. The summed E-state index contributed by atoms with van der Waals surface area (Å²) in [7, 11) is -2.66. The standard InChI is InChI=1S/C7H10N4O5S2/c1-3(12)4(13)5(14)9-6-11(2)10-7(17-6)18(8,15)16/h3,12H,1-2H3,(H2,8,15,16). The van der Waals surface area contributed by atoms with Crippen LogP contribution in [0.1, 0.15) is 6.92 Å². The van der Waals surface area contributed by atoms with Crippen molar-refractivity contribution in [2.45, 2.75) is 17.4 Å². The van der Waals surface area contributed by atoms with Gasteiger partial charge in [0.1, 0.15) is 6.10 Å². The van der Waals surface area contributed by atoms with Gasteiger partial charge in [-0.3, -0.25) is 9.59 Å². The van der Waals surface area contributed by atoms with E-state index in [0.717, 1.165) is 11.6 Å². The molecule has 1 amide bonds. The average Bonchev–Trinajstić information content (AvgIpc) is 2.58. The summed E-state index contributed by atoms with van der Waals surface area (Å²) in [6.45, 7) is 1.12. The minimum absolute atomic E-state index is 0.113. The van der Waals surface area contributed by atoms with Gasteiger partial charge in [-0.05, 0) is 6.92 Å². The van der Waals surface area contributed by atoms with E-state index in [1.54, 1.807) is 0 Å². The molecule has 1 aromatic heterocycles. The van der Waals surface area contributed by atoms with E-state index in [1.165, 1.54) is 7.05 Å². The number of ketones is 1. The normalized spacial score (nSPS) is 14.6. The highest BCUT2D eigenvalue weighted by atomic mass is 32.2. The molecule has 0 aliphatic heterocycles. The van der Waals surface area contributed by atoms with Gasteiger partial charge in [0.05, 0.1) is 0 Å². The molecule has 0 aromatic carbocycles. The molecule has 100 valence electrons. The maximum Gasteiger partial charge on any atom is 0.318 e. The summed E-state index contributed by atoms with van der Waals surface area (Å²) in [5.74, 6) is -2.29. The molecule has 1 atom stereocenters. The van der Waals surface area contributed by atoms with E-state index in [9.17, 15) is 18.0 Å². The van der Waals surface area contributed by atoms with Gasteiger partial charge in [0.2, 0.25) is 14.9 Å². The van der Waals surface area contributed by atoms with Crippen LogP contribution in [0.3, 0.4) is 0 Å². The van der Waals surface area contributed by atoms with Gasteiger partial charge in [0.15, 0.2) is 0 Å². The lowest BCUT2D eigenvalue weighted by Gasteiger charge is -1.96. The molecule has 0 bridgehead atoms. The molecule has 18 heavy (non-hydrogen) atoms. The fraction of sp³-hybridized carbons (Fsp3) is 0.429. The molecule has 0 spiro atoms. The molecule has 1 unspecified atom stereocenters. The second-order valence-electron chi connectivity index (χ2n) is 3.28. The van der Waals surface area contributed by atoms with Gasteiger partial charge in [-0.25, -0.2) is 18.2 Å². The summed E-state index contributed by atoms with van der Waals surface area (Å²) >= 11 is 0.541. The number of carbonyl (C=O) groups is 2. The Morgan fingerprint density at radius 1 is 1.56 bits per heavy atom. The molecule has 1 heterocycles. The number of aromatic nitrogens is 2. The van der Waals surface area contributed by atoms with Crippen LogP contribution in [0.2, 0.25) is 0 Å². The molecule has 0 saturated carbocycles. The third-order valence-electron chi connectivity index (χ3n) is 1.72. The minimum atomic E-state index is -4.00. The molecule has 0 aliphatic rings. The lowest BCUT2D eigenvalue weighted by atomic mass is 10.2. The Kier molecular flexibility index (Phi) is 4.11. The molecular weight excluding hydrogens is 284 g/mol. The van der Waals surface area contributed by atoms with Crippen molar-refractivity contribution in [3.8, 4) is 0 Å². The van der Waals surface area contributed by atoms with E-state index in [-0.39, 0.29) is 4.80 Å². The van der Waals surface area contributed by atoms with Crippen molar-refractivity contribution < 1.29 is 23.1 Å². The van der Waals surface area contributed by atoms with Gasteiger partial charge in [-0.2, -0.15) is 4.99 Å². The van der Waals surface area contributed by atoms with Crippen LogP contribution in [0.5, 0.6) is 0 Å². The second kappa shape index (κ2) is 5.06. The van der Waals surface area contributed by atoms with Gasteiger partial charge in [-0.15, -0.1) is 5.10 Å². The van der Waals surface area contributed by atoms with Gasteiger partial charge >= 0.3 is 5.91 Å². The zero-order chi connectivity index (χ0) is 14.1. The fourth-order valence-electron chi connectivity index (χ4n) is 0.861. The molecule has 0 radical (unpaired) electrons. The number of aliphatic hydroxyl groups excluding tert-OH is 1. The van der Waals surface area contributed by atoms with Crippen molar-refractivity contribution in [2.24, 2.45) is 17.2 Å². The van der Waals surface area contributed by atoms with Crippen LogP contribution in [0.15, 0.2) is 9.33 Å². The molecule has 0 fully saturated rings. The Morgan fingerprint density at radius 3 is 2.50 bits per heavy atom. The monoisotopic (exact) mass is 294 g/mol. The number of sulfonamides is 1. The van der Waals surface area contributed by atoms with E-state index in [4.69, 9.17) is 10.2 Å². The van der Waals surface area contributed by atoms with Crippen LogP contribution < -0.4 is 9.94 Å². The Hall–Kier alpha value is -1.43. The first-order chi connectivity index (χ1) is 8.12. The zero-order valence-corrected chi connectivity index (χ0v) is 11.0. The van der Waals surface area contributed by atoms with Crippen LogP contribution in [-0.2, 0) is 26.7 Å². The number of carbonyl (C=O) groups excluding carboxylic acids is 2. The summed E-state index contributed by atoms with van der Waals surface area (Å²) in [4.78, 5) is 25.6. The Bertz CT molecular complexity index is 654. The number of nitrogens with two attached hydrogens (primary N) is 1. The van der Waals surface area contributed by atoms with Crippen LogP contribution >= 0.6 is 11.3 Å². The van der Waals surface area contributed by atoms with Crippen LogP contribution in [0.4, 0.5) is 0 Å². The number of hydrogen-bond donors (Lipinski definition) is 2. The van der Waals surface area contributed by atoms with Crippen molar-refractivity contribution in [1.82, 2.24) is 9.78 Å². The number of aryl methyl sites for hydroxylation is 1. The number of Topliss-reactive ketones (excluding diaryl/α,β-unsaturated/α-hetero) is 1. The van der Waals surface area contributed by atoms with Crippen LogP contribution in [0.25, 0.3) is 0 Å².